The highest BCUT2D eigenvalue weighted by atomic mass is 35.5. The van der Waals surface area contributed by atoms with Crippen molar-refractivity contribution in [3.63, 3.8) is 0 Å². The van der Waals surface area contributed by atoms with Crippen LogP contribution in [0.25, 0.3) is 10.2 Å². The fourth-order valence-corrected chi connectivity index (χ4v) is 5.90. The highest BCUT2D eigenvalue weighted by Gasteiger charge is 2.24. The number of nitrogens with zero attached hydrogens (tertiary/aromatic N) is 3. The van der Waals surface area contributed by atoms with Crippen LogP contribution in [0.1, 0.15) is 17.3 Å². The summed E-state index contributed by atoms with van der Waals surface area (Å²) < 4.78 is 49.6. The fourth-order valence-electron chi connectivity index (χ4n) is 3.06. The largest absolute Gasteiger partial charge is 0.308 e. The fraction of sp³-hybridized carbons (Fsp3) is 0.333. The zero-order valence-electron chi connectivity index (χ0n) is 18.7. The summed E-state index contributed by atoms with van der Waals surface area (Å²) >= 11 is 1.22. The predicted molar refractivity (Wildman–Crippen MR) is 134 cm³/mol. The quantitative estimate of drug-likeness (QED) is 0.439. The molecule has 1 aromatic heterocycles. The first kappa shape index (κ1) is 27.2. The number of fused-ring (bicyclic) bond motifs is 1. The van der Waals surface area contributed by atoms with Gasteiger partial charge in [-0.3, -0.25) is 9.69 Å². The van der Waals surface area contributed by atoms with Crippen molar-refractivity contribution in [1.29, 1.82) is 0 Å². The second kappa shape index (κ2) is 10.5. The minimum atomic E-state index is -3.50. The van der Waals surface area contributed by atoms with Crippen LogP contribution in [0.15, 0.2) is 52.3 Å². The number of carbonyl (C=O) groups is 1. The Morgan fingerprint density at radius 1 is 1.03 bits per heavy atom. The van der Waals surface area contributed by atoms with Gasteiger partial charge in [-0.1, -0.05) is 30.4 Å². The summed E-state index contributed by atoms with van der Waals surface area (Å²) in [6, 6.07) is 10.8. The molecule has 0 spiro atoms. The highest BCUT2D eigenvalue weighted by molar-refractivity contribution is 7.91. The molecule has 3 aromatic rings. The van der Waals surface area contributed by atoms with Gasteiger partial charge in [-0.25, -0.2) is 21.8 Å². The first-order chi connectivity index (χ1) is 14.9. The molecular formula is C21H26ClN3O5S3. The lowest BCUT2D eigenvalue weighted by Gasteiger charge is -2.22. The summed E-state index contributed by atoms with van der Waals surface area (Å²) in [4.78, 5) is 21.5. The van der Waals surface area contributed by atoms with E-state index in [1.165, 1.54) is 34.4 Å². The third kappa shape index (κ3) is 6.10. The van der Waals surface area contributed by atoms with Crippen molar-refractivity contribution in [2.24, 2.45) is 0 Å². The third-order valence-electron chi connectivity index (χ3n) is 4.84. The van der Waals surface area contributed by atoms with Gasteiger partial charge >= 0.3 is 0 Å². The predicted octanol–water partition coefficient (Wildman–Crippen LogP) is 3.12. The molecule has 0 bridgehead atoms. The van der Waals surface area contributed by atoms with E-state index >= 15 is 0 Å². The van der Waals surface area contributed by atoms with Crippen molar-refractivity contribution in [2.45, 2.75) is 16.7 Å². The Bertz CT molecular complexity index is 1370. The van der Waals surface area contributed by atoms with E-state index in [-0.39, 0.29) is 33.5 Å². The van der Waals surface area contributed by atoms with Crippen LogP contribution in [0.4, 0.5) is 5.13 Å². The van der Waals surface area contributed by atoms with Gasteiger partial charge in [0.15, 0.2) is 24.8 Å². The SMILES string of the molecule is CCS(=O)(=O)c1cccc(C(=O)N(CCN(C)C)c2nc3c(S(C)(=O)=O)cccc3s2)c1.Cl. The molecule has 3 rings (SSSR count). The molecule has 0 aliphatic heterocycles. The maximum atomic E-state index is 13.4. The summed E-state index contributed by atoms with van der Waals surface area (Å²) in [6.07, 6.45) is 1.12. The lowest BCUT2D eigenvalue weighted by molar-refractivity contribution is 0.0985. The molecule has 0 fully saturated rings. The molecule has 1 heterocycles. The third-order valence-corrected chi connectivity index (χ3v) is 8.74. The summed E-state index contributed by atoms with van der Waals surface area (Å²) in [5, 5.41) is 0.353. The average molecular weight is 532 g/mol. The van der Waals surface area contributed by atoms with Gasteiger partial charge in [0, 0.05) is 24.9 Å². The zero-order chi connectivity index (χ0) is 23.7. The van der Waals surface area contributed by atoms with E-state index in [1.54, 1.807) is 31.2 Å². The Balaban J connectivity index is 0.00000385. The van der Waals surface area contributed by atoms with Gasteiger partial charge in [0.2, 0.25) is 0 Å². The molecule has 0 aliphatic carbocycles. The number of hydrogen-bond acceptors (Lipinski definition) is 8. The minimum absolute atomic E-state index is 0. The van der Waals surface area contributed by atoms with Crippen molar-refractivity contribution >= 4 is 64.7 Å². The molecule has 33 heavy (non-hydrogen) atoms. The summed E-state index contributed by atoms with van der Waals surface area (Å²) in [5.74, 6) is -0.471. The number of anilines is 1. The molecule has 0 saturated heterocycles. The van der Waals surface area contributed by atoms with Crippen LogP contribution in [0.5, 0.6) is 0 Å². The number of aromatic nitrogens is 1. The zero-order valence-corrected chi connectivity index (χ0v) is 21.9. The van der Waals surface area contributed by atoms with Crippen LogP contribution in [0, 0.1) is 0 Å². The van der Waals surface area contributed by atoms with Crippen molar-refractivity contribution in [3.05, 3.63) is 48.0 Å². The maximum absolute atomic E-state index is 13.4. The number of sulfone groups is 2. The summed E-state index contributed by atoms with van der Waals surface area (Å²) in [7, 11) is -3.23. The number of carbonyl (C=O) groups excluding carboxylic acids is 1. The molecule has 0 aliphatic rings. The normalized spacial score (nSPS) is 12.0. The van der Waals surface area contributed by atoms with Crippen molar-refractivity contribution in [3.8, 4) is 0 Å². The van der Waals surface area contributed by atoms with Crippen LogP contribution in [-0.2, 0) is 19.7 Å². The molecule has 1 amide bonds. The Morgan fingerprint density at radius 3 is 2.30 bits per heavy atom. The molecule has 0 saturated carbocycles. The van der Waals surface area contributed by atoms with Crippen molar-refractivity contribution in [1.82, 2.24) is 9.88 Å². The molecule has 0 N–H and O–H groups in total. The standard InChI is InChI=1S/C21H25N3O5S3.ClH/c1-5-32(28,29)16-9-6-8-15(14-16)20(25)24(13-12-23(2)3)21-22-19-17(30-21)10-7-11-18(19)31(4,26)27;/h6-11,14H,5,12-13H2,1-4H3;1H. The molecule has 0 radical (unpaired) electrons. The van der Waals surface area contributed by atoms with Gasteiger partial charge in [0.1, 0.15) is 5.52 Å². The summed E-state index contributed by atoms with van der Waals surface area (Å²) in [5.41, 5.74) is 0.542. The highest BCUT2D eigenvalue weighted by Crippen LogP contribution is 2.33. The molecule has 2 aromatic carbocycles. The lowest BCUT2D eigenvalue weighted by atomic mass is 10.2. The van der Waals surface area contributed by atoms with Gasteiger partial charge in [0.05, 0.1) is 20.2 Å². The molecule has 0 unspecified atom stereocenters. The molecular weight excluding hydrogens is 506 g/mol. The first-order valence-electron chi connectivity index (χ1n) is 9.83. The van der Waals surface area contributed by atoms with Gasteiger partial charge in [-0.15, -0.1) is 12.4 Å². The van der Waals surface area contributed by atoms with Crippen LogP contribution in [-0.4, -0.2) is 71.8 Å². The Hall–Kier alpha value is -2.05. The average Bonchev–Trinajstić information content (AvgIpc) is 3.16. The number of halogens is 1. The Labute approximate surface area is 204 Å². The lowest BCUT2D eigenvalue weighted by Crippen LogP contribution is -2.36. The second-order valence-corrected chi connectivity index (χ2v) is 12.8. The van der Waals surface area contributed by atoms with Gasteiger partial charge < -0.3 is 4.90 Å². The number of hydrogen-bond donors (Lipinski definition) is 0. The minimum Gasteiger partial charge on any atom is -0.308 e. The van der Waals surface area contributed by atoms with Crippen LogP contribution >= 0.6 is 23.7 Å². The Kier molecular flexibility index (Phi) is 8.63. The molecule has 180 valence electrons. The van der Waals surface area contributed by atoms with E-state index in [0.717, 1.165) is 6.26 Å². The number of benzene rings is 2. The molecule has 0 atom stereocenters. The van der Waals surface area contributed by atoms with E-state index in [2.05, 4.69) is 4.98 Å². The van der Waals surface area contributed by atoms with E-state index < -0.39 is 25.6 Å². The monoisotopic (exact) mass is 531 g/mol. The number of thiazole rings is 1. The van der Waals surface area contributed by atoms with Crippen LogP contribution in [0.3, 0.4) is 0 Å². The second-order valence-electron chi connectivity index (χ2n) is 7.56. The number of likely N-dealkylation sites (N-methyl/N-ethyl adjacent to an activating group) is 1. The number of rotatable bonds is 8. The number of amides is 1. The van der Waals surface area contributed by atoms with E-state index in [9.17, 15) is 21.6 Å². The van der Waals surface area contributed by atoms with Crippen molar-refractivity contribution < 1.29 is 21.6 Å². The van der Waals surface area contributed by atoms with Gasteiger partial charge in [-0.05, 0) is 44.4 Å². The number of para-hydroxylation sites is 1. The molecule has 12 heteroatoms. The topological polar surface area (TPSA) is 105 Å². The first-order valence-corrected chi connectivity index (χ1v) is 14.2. The van der Waals surface area contributed by atoms with E-state index in [4.69, 9.17) is 0 Å². The molecule has 8 nitrogen and oxygen atoms in total. The Morgan fingerprint density at radius 2 is 1.70 bits per heavy atom. The van der Waals surface area contributed by atoms with Gasteiger partial charge in [0.25, 0.3) is 5.91 Å². The van der Waals surface area contributed by atoms with Crippen molar-refractivity contribution in [2.75, 3.05) is 44.1 Å². The smallest absolute Gasteiger partial charge is 0.260 e. The summed E-state index contributed by atoms with van der Waals surface area (Å²) in [6.45, 7) is 2.38. The maximum Gasteiger partial charge on any atom is 0.260 e. The van der Waals surface area contributed by atoms with E-state index in [1.807, 2.05) is 19.0 Å². The van der Waals surface area contributed by atoms with Crippen LogP contribution < -0.4 is 4.90 Å². The van der Waals surface area contributed by atoms with E-state index in [0.29, 0.717) is 28.4 Å². The van der Waals surface area contributed by atoms with Gasteiger partial charge in [-0.2, -0.15) is 0 Å². The van der Waals surface area contributed by atoms with Crippen LogP contribution in [0.2, 0.25) is 0 Å².